The fourth-order valence-electron chi connectivity index (χ4n) is 2.38. The van der Waals surface area contributed by atoms with Gasteiger partial charge in [-0.05, 0) is 42.1 Å². The lowest BCUT2D eigenvalue weighted by atomic mass is 10.1. The predicted molar refractivity (Wildman–Crippen MR) is 122 cm³/mol. The number of halogens is 1. The summed E-state index contributed by atoms with van der Waals surface area (Å²) in [4.78, 5) is 12.6. The van der Waals surface area contributed by atoms with Crippen LogP contribution >= 0.6 is 23.4 Å². The number of nitrogens with zero attached hydrogens (tertiary/aromatic N) is 2. The smallest absolute Gasteiger partial charge is 0.286 e. The van der Waals surface area contributed by atoms with Crippen molar-refractivity contribution in [3.63, 3.8) is 0 Å². The first-order valence-corrected chi connectivity index (χ1v) is 13.8. The van der Waals surface area contributed by atoms with Crippen LogP contribution in [0, 0.1) is 0 Å². The summed E-state index contributed by atoms with van der Waals surface area (Å²) in [6, 6.07) is 8.62. The first kappa shape index (κ1) is 23.2. The molecule has 28 heavy (non-hydrogen) atoms. The summed E-state index contributed by atoms with van der Waals surface area (Å²) in [5.41, 5.74) is 2.26. The summed E-state index contributed by atoms with van der Waals surface area (Å²) < 4.78 is 7.49. The molecule has 154 valence electrons. The van der Waals surface area contributed by atoms with Crippen molar-refractivity contribution in [2.75, 3.05) is 6.61 Å². The molecule has 0 aliphatic rings. The van der Waals surface area contributed by atoms with Crippen molar-refractivity contribution in [1.29, 1.82) is 0 Å². The molecule has 4 nitrogen and oxygen atoms in total. The van der Waals surface area contributed by atoms with Crippen LogP contribution in [-0.2, 0) is 23.6 Å². The number of aryl methyl sites for hydroxylation is 2. The lowest BCUT2D eigenvalue weighted by Crippen LogP contribution is -2.41. The van der Waals surface area contributed by atoms with Crippen molar-refractivity contribution in [2.45, 2.75) is 62.4 Å². The van der Waals surface area contributed by atoms with Crippen LogP contribution in [0.2, 0.25) is 23.2 Å². The highest BCUT2D eigenvalue weighted by Gasteiger charge is 2.36. The van der Waals surface area contributed by atoms with Crippen LogP contribution in [0.4, 0.5) is 0 Å². The van der Waals surface area contributed by atoms with E-state index < -0.39 is 8.32 Å². The Morgan fingerprint density at radius 2 is 1.79 bits per heavy atom. The van der Waals surface area contributed by atoms with Gasteiger partial charge in [-0.3, -0.25) is 4.79 Å². The highest BCUT2D eigenvalue weighted by Crippen LogP contribution is 2.36. The minimum absolute atomic E-state index is 0.237. The summed E-state index contributed by atoms with van der Waals surface area (Å²) in [6.07, 6.45) is 3.70. The highest BCUT2D eigenvalue weighted by atomic mass is 35.5. The number of thioether (sulfide) groups is 1. The second kappa shape index (κ2) is 9.61. The summed E-state index contributed by atoms with van der Waals surface area (Å²) >= 11 is 7.65. The van der Waals surface area contributed by atoms with Crippen LogP contribution in [-0.4, -0.2) is 24.7 Å². The minimum Gasteiger partial charge on any atom is -0.417 e. The van der Waals surface area contributed by atoms with E-state index in [-0.39, 0.29) is 15.6 Å². The van der Waals surface area contributed by atoms with Gasteiger partial charge in [-0.2, -0.15) is 5.10 Å². The van der Waals surface area contributed by atoms with Crippen LogP contribution < -0.4 is 5.56 Å². The molecule has 0 unspecified atom stereocenters. The van der Waals surface area contributed by atoms with Crippen molar-refractivity contribution in [2.24, 2.45) is 7.05 Å². The molecule has 2 rings (SSSR count). The molecule has 2 aromatic rings. The standard InChI is InChI=1S/C21H31ClN2O2SSi/c1-21(2,3)28(5,6)26-13-7-8-16-9-11-17(12-10-16)15-27-18-14-23-24(4)20(25)19(18)22/h9-12,14H,7-8,13,15H2,1-6H3. The van der Waals surface area contributed by atoms with Gasteiger partial charge >= 0.3 is 0 Å². The highest BCUT2D eigenvalue weighted by molar-refractivity contribution is 7.98. The largest absolute Gasteiger partial charge is 0.417 e. The summed E-state index contributed by atoms with van der Waals surface area (Å²) in [5.74, 6) is 0.753. The second-order valence-electron chi connectivity index (χ2n) is 8.57. The Morgan fingerprint density at radius 3 is 2.39 bits per heavy atom. The Kier molecular flexibility index (Phi) is 7.96. The van der Waals surface area contributed by atoms with E-state index in [9.17, 15) is 4.79 Å². The quantitative estimate of drug-likeness (QED) is 0.302. The molecule has 1 aromatic carbocycles. The third-order valence-corrected chi connectivity index (χ3v) is 11.5. The van der Waals surface area contributed by atoms with E-state index in [0.29, 0.717) is 0 Å². The molecular weight excluding hydrogens is 408 g/mol. The van der Waals surface area contributed by atoms with E-state index in [2.05, 4.69) is 63.2 Å². The Balaban J connectivity index is 1.82. The van der Waals surface area contributed by atoms with Gasteiger partial charge in [-0.1, -0.05) is 56.6 Å². The third kappa shape index (κ3) is 6.21. The van der Waals surface area contributed by atoms with E-state index in [1.54, 1.807) is 13.2 Å². The summed E-state index contributed by atoms with van der Waals surface area (Å²) in [5, 5.41) is 4.52. The molecule has 0 spiro atoms. The molecule has 0 amide bonds. The maximum Gasteiger partial charge on any atom is 0.286 e. The average Bonchev–Trinajstić information content (AvgIpc) is 2.63. The molecule has 0 atom stereocenters. The van der Waals surface area contributed by atoms with Crippen molar-refractivity contribution >= 4 is 31.7 Å². The number of hydrogen-bond acceptors (Lipinski definition) is 4. The van der Waals surface area contributed by atoms with Crippen molar-refractivity contribution in [1.82, 2.24) is 9.78 Å². The van der Waals surface area contributed by atoms with Gasteiger partial charge in [0.15, 0.2) is 8.32 Å². The lowest BCUT2D eigenvalue weighted by Gasteiger charge is -2.36. The number of aromatic nitrogens is 2. The summed E-state index contributed by atoms with van der Waals surface area (Å²) in [6.45, 7) is 12.2. The van der Waals surface area contributed by atoms with E-state index in [1.165, 1.54) is 27.6 Å². The molecule has 0 saturated carbocycles. The van der Waals surface area contributed by atoms with Crippen molar-refractivity contribution in [3.05, 3.63) is 57.0 Å². The average molecular weight is 439 g/mol. The Hall–Kier alpha value is -1.08. The first-order chi connectivity index (χ1) is 13.0. The Labute approximate surface area is 178 Å². The van der Waals surface area contributed by atoms with Crippen molar-refractivity contribution < 1.29 is 4.43 Å². The zero-order valence-electron chi connectivity index (χ0n) is 17.7. The topological polar surface area (TPSA) is 44.1 Å². The fourth-order valence-corrected chi connectivity index (χ4v) is 4.65. The maximum atomic E-state index is 11.8. The zero-order valence-corrected chi connectivity index (χ0v) is 20.3. The molecule has 1 heterocycles. The van der Waals surface area contributed by atoms with Gasteiger partial charge in [-0.15, -0.1) is 11.8 Å². The second-order valence-corrected chi connectivity index (χ2v) is 14.8. The third-order valence-electron chi connectivity index (χ3n) is 5.34. The molecule has 0 N–H and O–H groups in total. The van der Waals surface area contributed by atoms with Gasteiger partial charge in [0, 0.05) is 19.4 Å². The number of hydrogen-bond donors (Lipinski definition) is 0. The molecule has 0 aliphatic carbocycles. The molecule has 0 radical (unpaired) electrons. The van der Waals surface area contributed by atoms with Crippen LogP contribution in [0.5, 0.6) is 0 Å². The van der Waals surface area contributed by atoms with E-state index in [4.69, 9.17) is 16.0 Å². The Bertz CT molecular complexity index is 845. The fraction of sp³-hybridized carbons (Fsp3) is 0.524. The molecule has 0 saturated heterocycles. The van der Waals surface area contributed by atoms with Crippen LogP contribution in [0.25, 0.3) is 0 Å². The van der Waals surface area contributed by atoms with E-state index in [0.717, 1.165) is 30.1 Å². The normalized spacial score (nSPS) is 12.4. The van der Waals surface area contributed by atoms with Crippen LogP contribution in [0.3, 0.4) is 0 Å². The predicted octanol–water partition coefficient (Wildman–Crippen LogP) is 5.68. The van der Waals surface area contributed by atoms with Gasteiger partial charge in [-0.25, -0.2) is 4.68 Å². The monoisotopic (exact) mass is 438 g/mol. The lowest BCUT2D eigenvalue weighted by molar-refractivity contribution is 0.282. The van der Waals surface area contributed by atoms with Gasteiger partial charge in [0.2, 0.25) is 0 Å². The maximum absolute atomic E-state index is 11.8. The van der Waals surface area contributed by atoms with E-state index in [1.807, 2.05) is 0 Å². The molecule has 1 aromatic heterocycles. The van der Waals surface area contributed by atoms with E-state index >= 15 is 0 Å². The van der Waals surface area contributed by atoms with Gasteiger partial charge in [0.05, 0.1) is 11.1 Å². The first-order valence-electron chi connectivity index (χ1n) is 9.57. The Morgan fingerprint density at radius 1 is 1.18 bits per heavy atom. The van der Waals surface area contributed by atoms with Crippen LogP contribution in [0.1, 0.15) is 38.3 Å². The number of benzene rings is 1. The van der Waals surface area contributed by atoms with Gasteiger partial charge in [0.25, 0.3) is 5.56 Å². The van der Waals surface area contributed by atoms with Crippen molar-refractivity contribution in [3.8, 4) is 0 Å². The molecule has 7 heteroatoms. The van der Waals surface area contributed by atoms with Gasteiger partial charge < -0.3 is 4.43 Å². The molecular formula is C21H31ClN2O2SSi. The number of rotatable bonds is 8. The van der Waals surface area contributed by atoms with Gasteiger partial charge in [0.1, 0.15) is 5.02 Å². The SMILES string of the molecule is Cn1ncc(SCc2ccc(CCCO[Si](C)(C)C(C)(C)C)cc2)c(Cl)c1=O. The summed E-state index contributed by atoms with van der Waals surface area (Å²) in [7, 11) is -0.0538. The van der Waals surface area contributed by atoms with Crippen LogP contribution in [0.15, 0.2) is 40.2 Å². The molecule has 0 bridgehead atoms. The minimum atomic E-state index is -1.65. The molecule has 0 fully saturated rings. The molecule has 0 aliphatic heterocycles. The zero-order chi connectivity index (χ0) is 20.9.